The van der Waals surface area contributed by atoms with Gasteiger partial charge in [-0.1, -0.05) is 0 Å². The van der Waals surface area contributed by atoms with E-state index in [1.807, 2.05) is 36.1 Å². The molecule has 104 valence electrons. The van der Waals surface area contributed by atoms with Crippen LogP contribution in [0.4, 0.5) is 5.69 Å². The van der Waals surface area contributed by atoms with Gasteiger partial charge in [-0.25, -0.2) is 4.68 Å². The second kappa shape index (κ2) is 5.00. The van der Waals surface area contributed by atoms with Crippen LogP contribution in [0, 0.1) is 0 Å². The normalized spacial score (nSPS) is 14.2. The van der Waals surface area contributed by atoms with Crippen LogP contribution in [0.3, 0.4) is 0 Å². The first-order valence-corrected chi connectivity index (χ1v) is 6.91. The number of rotatable bonds is 4. The van der Waals surface area contributed by atoms with Gasteiger partial charge in [0.25, 0.3) is 5.91 Å². The quantitative estimate of drug-likeness (QED) is 0.865. The molecular formula is C15H18N4O. The molecule has 5 heteroatoms. The molecule has 20 heavy (non-hydrogen) atoms. The first-order valence-electron chi connectivity index (χ1n) is 6.91. The minimum Gasteiger partial charge on any atom is -0.399 e. The Morgan fingerprint density at radius 3 is 2.65 bits per heavy atom. The van der Waals surface area contributed by atoms with Crippen molar-refractivity contribution in [3.63, 3.8) is 0 Å². The molecule has 0 radical (unpaired) electrons. The Kier molecular flexibility index (Phi) is 3.18. The van der Waals surface area contributed by atoms with E-state index < -0.39 is 0 Å². The van der Waals surface area contributed by atoms with E-state index in [0.29, 0.717) is 17.4 Å². The predicted octanol–water partition coefficient (Wildman–Crippen LogP) is 2.08. The standard InChI is InChI=1S/C15H18N4O/c1-2-18(12-7-8-12)15(20)14-9-10-19(17-14)13-5-3-11(16)4-6-13/h3-6,9-10,12H,2,7-8,16H2,1H3. The van der Waals surface area contributed by atoms with Crippen LogP contribution in [0.1, 0.15) is 30.3 Å². The Hall–Kier alpha value is -2.30. The third-order valence-electron chi connectivity index (χ3n) is 3.56. The molecule has 0 spiro atoms. The zero-order valence-electron chi connectivity index (χ0n) is 11.5. The molecule has 0 aliphatic heterocycles. The zero-order valence-corrected chi connectivity index (χ0v) is 11.5. The zero-order chi connectivity index (χ0) is 14.1. The molecule has 0 bridgehead atoms. The summed E-state index contributed by atoms with van der Waals surface area (Å²) in [5, 5.41) is 4.37. The Balaban J connectivity index is 1.82. The fourth-order valence-electron chi connectivity index (χ4n) is 2.31. The van der Waals surface area contributed by atoms with Gasteiger partial charge in [0.15, 0.2) is 5.69 Å². The Labute approximate surface area is 118 Å². The second-order valence-corrected chi connectivity index (χ2v) is 5.06. The van der Waals surface area contributed by atoms with Crippen molar-refractivity contribution in [3.8, 4) is 5.69 Å². The topological polar surface area (TPSA) is 64.2 Å². The average molecular weight is 270 g/mol. The van der Waals surface area contributed by atoms with E-state index in [1.165, 1.54) is 0 Å². The van der Waals surface area contributed by atoms with Gasteiger partial charge in [0.05, 0.1) is 5.69 Å². The number of amides is 1. The van der Waals surface area contributed by atoms with Gasteiger partial charge in [-0.15, -0.1) is 0 Å². The summed E-state index contributed by atoms with van der Waals surface area (Å²) in [6.45, 7) is 2.74. The van der Waals surface area contributed by atoms with E-state index in [-0.39, 0.29) is 5.91 Å². The summed E-state index contributed by atoms with van der Waals surface area (Å²) in [5.41, 5.74) is 7.77. The molecule has 0 unspecified atom stereocenters. The largest absolute Gasteiger partial charge is 0.399 e. The van der Waals surface area contributed by atoms with Crippen molar-refractivity contribution >= 4 is 11.6 Å². The molecule has 0 atom stereocenters. The SMILES string of the molecule is CCN(C(=O)c1ccn(-c2ccc(N)cc2)n1)C1CC1. The predicted molar refractivity (Wildman–Crippen MR) is 77.7 cm³/mol. The summed E-state index contributed by atoms with van der Waals surface area (Å²) in [7, 11) is 0. The van der Waals surface area contributed by atoms with E-state index >= 15 is 0 Å². The first-order chi connectivity index (χ1) is 9.69. The van der Waals surface area contributed by atoms with Gasteiger partial charge in [-0.3, -0.25) is 4.79 Å². The lowest BCUT2D eigenvalue weighted by Gasteiger charge is -2.18. The smallest absolute Gasteiger partial charge is 0.274 e. The van der Waals surface area contributed by atoms with Gasteiger partial charge in [0.2, 0.25) is 0 Å². The molecule has 1 aliphatic rings. The molecule has 1 amide bonds. The van der Waals surface area contributed by atoms with Crippen LogP contribution in [0.25, 0.3) is 5.69 Å². The van der Waals surface area contributed by atoms with E-state index in [4.69, 9.17) is 5.73 Å². The van der Waals surface area contributed by atoms with Gasteiger partial charge in [0.1, 0.15) is 0 Å². The van der Waals surface area contributed by atoms with E-state index in [1.54, 1.807) is 16.9 Å². The number of nitrogens with zero attached hydrogens (tertiary/aromatic N) is 3. The summed E-state index contributed by atoms with van der Waals surface area (Å²) in [6, 6.07) is 9.59. The highest BCUT2D eigenvalue weighted by atomic mass is 16.2. The lowest BCUT2D eigenvalue weighted by Crippen LogP contribution is -2.33. The Morgan fingerprint density at radius 2 is 2.05 bits per heavy atom. The van der Waals surface area contributed by atoms with Gasteiger partial charge < -0.3 is 10.6 Å². The third-order valence-corrected chi connectivity index (χ3v) is 3.56. The molecule has 1 aromatic carbocycles. The molecule has 1 heterocycles. The number of nitrogens with two attached hydrogens (primary N) is 1. The first kappa shape index (κ1) is 12.7. The molecule has 2 N–H and O–H groups in total. The van der Waals surface area contributed by atoms with E-state index in [0.717, 1.165) is 25.1 Å². The minimum atomic E-state index is 0.0178. The number of carbonyl (C=O) groups excluding carboxylic acids is 1. The highest BCUT2D eigenvalue weighted by Gasteiger charge is 2.32. The van der Waals surface area contributed by atoms with Crippen LogP contribution in [0.2, 0.25) is 0 Å². The molecule has 1 fully saturated rings. The van der Waals surface area contributed by atoms with Crippen molar-refractivity contribution in [1.82, 2.24) is 14.7 Å². The fourth-order valence-corrected chi connectivity index (χ4v) is 2.31. The van der Waals surface area contributed by atoms with Gasteiger partial charge in [-0.05, 0) is 50.1 Å². The van der Waals surface area contributed by atoms with Crippen LogP contribution < -0.4 is 5.73 Å². The number of nitrogen functional groups attached to an aromatic ring is 1. The van der Waals surface area contributed by atoms with Gasteiger partial charge in [0, 0.05) is 24.5 Å². The molecule has 3 rings (SSSR count). The van der Waals surface area contributed by atoms with Crippen molar-refractivity contribution in [2.45, 2.75) is 25.8 Å². The number of carbonyl (C=O) groups is 1. The second-order valence-electron chi connectivity index (χ2n) is 5.06. The van der Waals surface area contributed by atoms with Crippen LogP contribution in [-0.2, 0) is 0 Å². The molecule has 5 nitrogen and oxygen atoms in total. The molecular weight excluding hydrogens is 252 g/mol. The van der Waals surface area contributed by atoms with E-state index in [9.17, 15) is 4.79 Å². The number of hydrogen-bond donors (Lipinski definition) is 1. The van der Waals surface area contributed by atoms with Crippen LogP contribution in [-0.4, -0.2) is 33.2 Å². The van der Waals surface area contributed by atoms with Crippen LogP contribution >= 0.6 is 0 Å². The van der Waals surface area contributed by atoms with Crippen molar-refractivity contribution in [3.05, 3.63) is 42.2 Å². The summed E-state index contributed by atoms with van der Waals surface area (Å²) in [5.74, 6) is 0.0178. The van der Waals surface area contributed by atoms with Gasteiger partial charge in [-0.2, -0.15) is 5.10 Å². The summed E-state index contributed by atoms with van der Waals surface area (Å²) < 4.78 is 1.70. The van der Waals surface area contributed by atoms with Crippen molar-refractivity contribution < 1.29 is 4.79 Å². The lowest BCUT2D eigenvalue weighted by atomic mass is 10.3. The number of anilines is 1. The van der Waals surface area contributed by atoms with Crippen molar-refractivity contribution in [2.24, 2.45) is 0 Å². The lowest BCUT2D eigenvalue weighted by molar-refractivity contribution is 0.0746. The fraction of sp³-hybridized carbons (Fsp3) is 0.333. The Morgan fingerprint density at radius 1 is 1.35 bits per heavy atom. The van der Waals surface area contributed by atoms with Crippen molar-refractivity contribution in [1.29, 1.82) is 0 Å². The summed E-state index contributed by atoms with van der Waals surface area (Å²) in [6.07, 6.45) is 4.02. The average Bonchev–Trinajstić information content (AvgIpc) is 3.16. The molecule has 2 aromatic rings. The molecule has 0 saturated heterocycles. The monoisotopic (exact) mass is 270 g/mol. The van der Waals surface area contributed by atoms with Crippen molar-refractivity contribution in [2.75, 3.05) is 12.3 Å². The maximum atomic E-state index is 12.4. The maximum absolute atomic E-state index is 12.4. The molecule has 1 saturated carbocycles. The highest BCUT2D eigenvalue weighted by molar-refractivity contribution is 5.92. The Bertz CT molecular complexity index is 613. The number of aromatic nitrogens is 2. The van der Waals surface area contributed by atoms with E-state index in [2.05, 4.69) is 5.10 Å². The number of hydrogen-bond acceptors (Lipinski definition) is 3. The summed E-state index contributed by atoms with van der Waals surface area (Å²) in [4.78, 5) is 14.3. The van der Waals surface area contributed by atoms with Gasteiger partial charge >= 0.3 is 0 Å². The van der Waals surface area contributed by atoms with Crippen LogP contribution in [0.15, 0.2) is 36.5 Å². The minimum absolute atomic E-state index is 0.0178. The molecule has 1 aliphatic carbocycles. The molecule has 1 aromatic heterocycles. The maximum Gasteiger partial charge on any atom is 0.274 e. The van der Waals surface area contributed by atoms with Crippen LogP contribution in [0.5, 0.6) is 0 Å². The highest BCUT2D eigenvalue weighted by Crippen LogP contribution is 2.27. The number of benzene rings is 1. The third kappa shape index (κ3) is 2.39. The summed E-state index contributed by atoms with van der Waals surface area (Å²) >= 11 is 0.